The van der Waals surface area contributed by atoms with E-state index in [0.717, 1.165) is 19.4 Å². The Labute approximate surface area is 115 Å². The molecule has 98 valence electrons. The van der Waals surface area contributed by atoms with E-state index >= 15 is 0 Å². The van der Waals surface area contributed by atoms with Crippen molar-refractivity contribution in [1.29, 1.82) is 0 Å². The van der Waals surface area contributed by atoms with E-state index in [1.165, 1.54) is 12.1 Å². The minimum absolute atomic E-state index is 0.0843. The SMILES string of the molecule is N[C@@H]1CCCN(c2c(Cl)cc([N+](=O)[O-])cc2Cl)C1. The van der Waals surface area contributed by atoms with Crippen molar-refractivity contribution in [2.45, 2.75) is 18.9 Å². The summed E-state index contributed by atoms with van der Waals surface area (Å²) in [5.74, 6) is 0. The zero-order valence-electron chi connectivity index (χ0n) is 9.60. The highest BCUT2D eigenvalue weighted by Crippen LogP contribution is 2.38. The molecule has 0 radical (unpaired) electrons. The van der Waals surface area contributed by atoms with Gasteiger partial charge >= 0.3 is 0 Å². The van der Waals surface area contributed by atoms with Crippen molar-refractivity contribution < 1.29 is 4.92 Å². The molecule has 1 fully saturated rings. The topological polar surface area (TPSA) is 72.4 Å². The third-order valence-electron chi connectivity index (χ3n) is 2.99. The number of non-ortho nitro benzene ring substituents is 1. The molecule has 1 atom stereocenters. The lowest BCUT2D eigenvalue weighted by molar-refractivity contribution is -0.384. The van der Waals surface area contributed by atoms with Crippen molar-refractivity contribution in [3.8, 4) is 0 Å². The van der Waals surface area contributed by atoms with E-state index in [0.29, 0.717) is 22.3 Å². The average Bonchev–Trinajstić information content (AvgIpc) is 2.27. The molecule has 0 unspecified atom stereocenters. The third kappa shape index (κ3) is 2.68. The molecule has 0 aromatic heterocycles. The van der Waals surface area contributed by atoms with Crippen LogP contribution in [0.15, 0.2) is 12.1 Å². The van der Waals surface area contributed by atoms with Crippen LogP contribution in [0.3, 0.4) is 0 Å². The molecule has 7 heteroatoms. The lowest BCUT2D eigenvalue weighted by atomic mass is 10.1. The van der Waals surface area contributed by atoms with Crippen LogP contribution in [0.1, 0.15) is 12.8 Å². The molecular weight excluding hydrogens is 277 g/mol. The zero-order valence-corrected chi connectivity index (χ0v) is 11.1. The molecule has 0 spiro atoms. The van der Waals surface area contributed by atoms with Gasteiger partial charge < -0.3 is 10.6 Å². The maximum Gasteiger partial charge on any atom is 0.272 e. The maximum atomic E-state index is 10.7. The highest BCUT2D eigenvalue weighted by atomic mass is 35.5. The fourth-order valence-electron chi connectivity index (χ4n) is 2.17. The smallest absolute Gasteiger partial charge is 0.272 e. The Morgan fingerprint density at radius 2 is 2.00 bits per heavy atom. The Bertz CT molecular complexity index is 458. The summed E-state index contributed by atoms with van der Waals surface area (Å²) in [6.07, 6.45) is 1.93. The number of nitro groups is 1. The van der Waals surface area contributed by atoms with Crippen molar-refractivity contribution in [2.75, 3.05) is 18.0 Å². The summed E-state index contributed by atoms with van der Waals surface area (Å²) >= 11 is 12.2. The summed E-state index contributed by atoms with van der Waals surface area (Å²) < 4.78 is 0. The van der Waals surface area contributed by atoms with Gasteiger partial charge in [0, 0.05) is 31.3 Å². The number of hydrogen-bond acceptors (Lipinski definition) is 4. The van der Waals surface area contributed by atoms with Gasteiger partial charge in [0.1, 0.15) is 0 Å². The van der Waals surface area contributed by atoms with Crippen LogP contribution in [0, 0.1) is 10.1 Å². The second-order valence-corrected chi connectivity index (χ2v) is 5.18. The molecule has 0 bridgehead atoms. The van der Waals surface area contributed by atoms with Crippen molar-refractivity contribution in [3.63, 3.8) is 0 Å². The van der Waals surface area contributed by atoms with E-state index in [1.54, 1.807) is 0 Å². The van der Waals surface area contributed by atoms with Gasteiger partial charge in [0.2, 0.25) is 0 Å². The molecule has 1 heterocycles. The minimum atomic E-state index is -0.510. The molecule has 1 aromatic carbocycles. The van der Waals surface area contributed by atoms with Gasteiger partial charge in [-0.1, -0.05) is 23.2 Å². The van der Waals surface area contributed by atoms with Crippen LogP contribution in [0.5, 0.6) is 0 Å². The summed E-state index contributed by atoms with van der Waals surface area (Å²) in [6.45, 7) is 1.47. The van der Waals surface area contributed by atoms with Crippen molar-refractivity contribution in [1.82, 2.24) is 0 Å². The molecule has 1 aromatic rings. The number of piperidine rings is 1. The molecule has 0 amide bonds. The van der Waals surface area contributed by atoms with Gasteiger partial charge in [-0.2, -0.15) is 0 Å². The van der Waals surface area contributed by atoms with E-state index in [4.69, 9.17) is 28.9 Å². The van der Waals surface area contributed by atoms with Crippen LogP contribution in [0.25, 0.3) is 0 Å². The Morgan fingerprint density at radius 3 is 2.50 bits per heavy atom. The number of rotatable bonds is 2. The summed E-state index contributed by atoms with van der Waals surface area (Å²) in [7, 11) is 0. The first kappa shape index (κ1) is 13.4. The van der Waals surface area contributed by atoms with Crippen LogP contribution in [0.2, 0.25) is 10.0 Å². The van der Waals surface area contributed by atoms with E-state index in [9.17, 15) is 10.1 Å². The lowest BCUT2D eigenvalue weighted by Gasteiger charge is -2.33. The van der Waals surface area contributed by atoms with Gasteiger partial charge in [-0.25, -0.2) is 0 Å². The predicted octanol–water partition coefficient (Wildman–Crippen LogP) is 2.83. The molecule has 18 heavy (non-hydrogen) atoms. The van der Waals surface area contributed by atoms with Gasteiger partial charge in [-0.15, -0.1) is 0 Å². The summed E-state index contributed by atoms with van der Waals surface area (Å²) in [6, 6.07) is 2.73. The molecular formula is C11H13Cl2N3O2. The van der Waals surface area contributed by atoms with Crippen molar-refractivity contribution >= 4 is 34.6 Å². The second-order valence-electron chi connectivity index (χ2n) is 4.36. The Kier molecular flexibility index (Phi) is 3.94. The van der Waals surface area contributed by atoms with Gasteiger partial charge in [0.15, 0.2) is 0 Å². The summed E-state index contributed by atoms with van der Waals surface area (Å²) in [5.41, 5.74) is 6.44. The minimum Gasteiger partial charge on any atom is -0.368 e. The van der Waals surface area contributed by atoms with Crippen molar-refractivity contribution in [2.24, 2.45) is 5.73 Å². The third-order valence-corrected chi connectivity index (χ3v) is 3.56. The number of nitro benzene ring substituents is 1. The van der Waals surface area contributed by atoms with E-state index < -0.39 is 4.92 Å². The number of benzene rings is 1. The Hall–Kier alpha value is -1.04. The van der Waals surface area contributed by atoms with Gasteiger partial charge in [0.25, 0.3) is 5.69 Å². The lowest BCUT2D eigenvalue weighted by Crippen LogP contribution is -2.43. The maximum absolute atomic E-state index is 10.7. The Balaban J connectivity index is 2.36. The van der Waals surface area contributed by atoms with Gasteiger partial charge in [0.05, 0.1) is 20.7 Å². The first-order chi connectivity index (χ1) is 8.49. The number of nitrogens with two attached hydrogens (primary N) is 1. The quantitative estimate of drug-likeness (QED) is 0.671. The highest BCUT2D eigenvalue weighted by Gasteiger charge is 2.23. The average molecular weight is 290 g/mol. The fraction of sp³-hybridized carbons (Fsp3) is 0.455. The Morgan fingerprint density at radius 1 is 1.39 bits per heavy atom. The standard InChI is InChI=1S/C11H13Cl2N3O2/c12-9-4-8(16(17)18)5-10(13)11(9)15-3-1-2-7(14)6-15/h4-5,7H,1-3,6,14H2/t7-/m1/s1. The summed E-state index contributed by atoms with van der Waals surface area (Å²) in [5, 5.41) is 11.3. The van der Waals surface area contributed by atoms with Crippen LogP contribution in [-0.4, -0.2) is 24.1 Å². The fourth-order valence-corrected chi connectivity index (χ4v) is 2.89. The van der Waals surface area contributed by atoms with Crippen LogP contribution in [-0.2, 0) is 0 Å². The van der Waals surface area contributed by atoms with Crippen LogP contribution < -0.4 is 10.6 Å². The normalized spacial score (nSPS) is 19.9. The van der Waals surface area contributed by atoms with Crippen LogP contribution >= 0.6 is 23.2 Å². The first-order valence-electron chi connectivity index (χ1n) is 5.63. The number of halogens is 2. The monoisotopic (exact) mass is 289 g/mol. The zero-order chi connectivity index (χ0) is 13.3. The number of hydrogen-bond donors (Lipinski definition) is 1. The molecule has 0 aliphatic carbocycles. The van der Waals surface area contributed by atoms with Gasteiger partial charge in [-0.05, 0) is 12.8 Å². The first-order valence-corrected chi connectivity index (χ1v) is 6.38. The molecule has 2 rings (SSSR count). The largest absolute Gasteiger partial charge is 0.368 e. The predicted molar refractivity (Wildman–Crippen MR) is 72.5 cm³/mol. The van der Waals surface area contributed by atoms with E-state index in [2.05, 4.69) is 0 Å². The molecule has 1 aliphatic rings. The summed E-state index contributed by atoms with van der Waals surface area (Å²) in [4.78, 5) is 12.2. The van der Waals surface area contributed by atoms with E-state index in [-0.39, 0.29) is 11.7 Å². The highest BCUT2D eigenvalue weighted by molar-refractivity contribution is 6.39. The second kappa shape index (κ2) is 5.30. The molecule has 2 N–H and O–H groups in total. The molecule has 0 saturated carbocycles. The van der Waals surface area contributed by atoms with Gasteiger partial charge in [-0.3, -0.25) is 10.1 Å². The molecule has 1 aliphatic heterocycles. The molecule has 5 nitrogen and oxygen atoms in total. The van der Waals surface area contributed by atoms with E-state index in [1.807, 2.05) is 4.90 Å². The van der Waals surface area contributed by atoms with Crippen molar-refractivity contribution in [3.05, 3.63) is 32.3 Å². The van der Waals surface area contributed by atoms with Crippen LogP contribution in [0.4, 0.5) is 11.4 Å². The molecule has 1 saturated heterocycles. The number of anilines is 1. The number of nitrogens with zero attached hydrogens (tertiary/aromatic N) is 2.